The Morgan fingerprint density at radius 2 is 2.17 bits per heavy atom. The number of hydrogen-bond donors (Lipinski definition) is 2. The second-order valence-corrected chi connectivity index (χ2v) is 7.00. The van der Waals surface area contributed by atoms with Crippen LogP contribution in [0.2, 0.25) is 0 Å². The normalized spacial score (nSPS) is 14.1. The quantitative estimate of drug-likeness (QED) is 0.799. The summed E-state index contributed by atoms with van der Waals surface area (Å²) < 4.78 is 26.4. The third kappa shape index (κ3) is 2.87. The van der Waals surface area contributed by atoms with E-state index in [9.17, 15) is 8.42 Å². The molecule has 1 aromatic rings. The number of aromatic amines is 1. The maximum absolute atomic E-state index is 12.5. The van der Waals surface area contributed by atoms with Gasteiger partial charge in [-0.3, -0.25) is 5.10 Å². The number of sulfonamides is 1. The number of rotatable bonds is 6. The lowest BCUT2D eigenvalue weighted by molar-refractivity contribution is 0.414. The first-order chi connectivity index (χ1) is 8.36. The van der Waals surface area contributed by atoms with Crippen LogP contribution in [0.3, 0.4) is 0 Å². The Hall–Kier alpha value is -0.570. The van der Waals surface area contributed by atoms with Crippen molar-refractivity contribution in [1.82, 2.24) is 14.5 Å². The number of H-pyrrole nitrogens is 1. The predicted molar refractivity (Wildman–Crippen MR) is 74.0 cm³/mol. The Morgan fingerprint density at radius 3 is 2.67 bits per heavy atom. The summed E-state index contributed by atoms with van der Waals surface area (Å²) >= 11 is 1.61. The third-order valence-corrected chi connectivity index (χ3v) is 5.81. The molecule has 1 rings (SSSR count). The van der Waals surface area contributed by atoms with Crippen LogP contribution in [0.1, 0.15) is 18.3 Å². The van der Waals surface area contributed by atoms with Gasteiger partial charge in [0.1, 0.15) is 4.90 Å². The molecule has 3 N–H and O–H groups in total. The molecule has 0 aliphatic heterocycles. The van der Waals surface area contributed by atoms with E-state index in [0.717, 1.165) is 5.75 Å². The van der Waals surface area contributed by atoms with Gasteiger partial charge in [-0.05, 0) is 20.1 Å². The molecule has 0 fully saturated rings. The summed E-state index contributed by atoms with van der Waals surface area (Å²) in [5.41, 5.74) is 6.44. The van der Waals surface area contributed by atoms with E-state index < -0.39 is 10.0 Å². The van der Waals surface area contributed by atoms with Gasteiger partial charge in [0, 0.05) is 25.4 Å². The highest BCUT2D eigenvalue weighted by Gasteiger charge is 2.30. The maximum atomic E-state index is 12.5. The van der Waals surface area contributed by atoms with E-state index >= 15 is 0 Å². The van der Waals surface area contributed by atoms with Crippen LogP contribution < -0.4 is 5.73 Å². The van der Waals surface area contributed by atoms with Crippen LogP contribution in [0, 0.1) is 6.92 Å². The Kier molecular flexibility index (Phi) is 5.20. The van der Waals surface area contributed by atoms with Crippen LogP contribution in [0.25, 0.3) is 0 Å². The minimum atomic E-state index is -3.54. The molecule has 8 heteroatoms. The molecular formula is C10H20N4O2S2. The molecule has 0 amide bonds. The molecule has 0 saturated heterocycles. The van der Waals surface area contributed by atoms with Crippen LogP contribution in [-0.4, -0.2) is 48.0 Å². The Bertz CT molecular complexity index is 498. The van der Waals surface area contributed by atoms with Gasteiger partial charge in [0.05, 0.1) is 11.4 Å². The van der Waals surface area contributed by atoms with Gasteiger partial charge in [-0.1, -0.05) is 0 Å². The molecule has 0 spiro atoms. The van der Waals surface area contributed by atoms with E-state index in [0.29, 0.717) is 11.4 Å². The van der Waals surface area contributed by atoms with Crippen molar-refractivity contribution in [2.75, 3.05) is 19.1 Å². The summed E-state index contributed by atoms with van der Waals surface area (Å²) in [7, 11) is -1.96. The van der Waals surface area contributed by atoms with Crippen molar-refractivity contribution in [3.8, 4) is 0 Å². The summed E-state index contributed by atoms with van der Waals surface area (Å²) in [4.78, 5) is 0.209. The molecule has 104 valence electrons. The molecule has 0 bridgehead atoms. The molecule has 1 atom stereocenters. The average Bonchev–Trinajstić information content (AvgIpc) is 2.70. The lowest BCUT2D eigenvalue weighted by atomic mass is 10.4. The number of nitrogens with zero attached hydrogens (tertiary/aromatic N) is 2. The van der Waals surface area contributed by atoms with Crippen LogP contribution in [-0.2, 0) is 16.6 Å². The lowest BCUT2D eigenvalue weighted by Gasteiger charge is -2.23. The van der Waals surface area contributed by atoms with Crippen LogP contribution in [0.5, 0.6) is 0 Å². The monoisotopic (exact) mass is 292 g/mol. The van der Waals surface area contributed by atoms with Crippen LogP contribution in [0.15, 0.2) is 4.90 Å². The summed E-state index contributed by atoms with van der Waals surface area (Å²) in [5.74, 6) is 0.741. The number of aryl methyl sites for hydroxylation is 1. The van der Waals surface area contributed by atoms with Gasteiger partial charge in [0.25, 0.3) is 0 Å². The first-order valence-electron chi connectivity index (χ1n) is 5.57. The fourth-order valence-corrected chi connectivity index (χ4v) is 4.17. The Morgan fingerprint density at radius 1 is 1.56 bits per heavy atom. The second kappa shape index (κ2) is 6.05. The fraction of sp³-hybridized carbons (Fsp3) is 0.700. The van der Waals surface area contributed by atoms with E-state index in [-0.39, 0.29) is 17.5 Å². The Labute approximate surface area is 112 Å². The highest BCUT2D eigenvalue weighted by Crippen LogP contribution is 2.23. The molecule has 0 aliphatic rings. The maximum Gasteiger partial charge on any atom is 0.246 e. The Balaban J connectivity index is 3.17. The smallest absolute Gasteiger partial charge is 0.246 e. The van der Waals surface area contributed by atoms with Gasteiger partial charge >= 0.3 is 0 Å². The summed E-state index contributed by atoms with van der Waals surface area (Å²) in [6, 6.07) is -0.0788. The number of nitrogens with two attached hydrogens (primary N) is 1. The standard InChI is InChI=1S/C10H20N4O2S2/c1-7(6-17-4)14(3)18(15,16)10-8(2)12-13-9(10)5-11/h7H,5-6,11H2,1-4H3,(H,12,13). The van der Waals surface area contributed by atoms with Gasteiger partial charge in [-0.25, -0.2) is 8.42 Å². The van der Waals surface area contributed by atoms with E-state index in [1.807, 2.05) is 13.2 Å². The number of nitrogens with one attached hydrogen (secondary N) is 1. The van der Waals surface area contributed by atoms with Gasteiger partial charge in [-0.15, -0.1) is 0 Å². The highest BCUT2D eigenvalue weighted by molar-refractivity contribution is 7.98. The number of hydrogen-bond acceptors (Lipinski definition) is 5. The molecule has 6 nitrogen and oxygen atoms in total. The van der Waals surface area contributed by atoms with Crippen molar-refractivity contribution in [2.24, 2.45) is 5.73 Å². The molecule has 1 unspecified atom stereocenters. The van der Waals surface area contributed by atoms with Crippen LogP contribution in [0.4, 0.5) is 0 Å². The lowest BCUT2D eigenvalue weighted by Crippen LogP contribution is -2.37. The molecular weight excluding hydrogens is 272 g/mol. The molecule has 1 aromatic heterocycles. The molecule has 0 aromatic carbocycles. The predicted octanol–water partition coefficient (Wildman–Crippen LogP) is 0.549. The minimum absolute atomic E-state index is 0.0788. The topological polar surface area (TPSA) is 92.1 Å². The minimum Gasteiger partial charge on any atom is -0.325 e. The number of thioether (sulfide) groups is 1. The van der Waals surface area contributed by atoms with Crippen molar-refractivity contribution in [3.63, 3.8) is 0 Å². The van der Waals surface area contributed by atoms with Gasteiger partial charge < -0.3 is 5.73 Å². The van der Waals surface area contributed by atoms with E-state index in [2.05, 4.69) is 10.2 Å². The van der Waals surface area contributed by atoms with Crippen molar-refractivity contribution in [3.05, 3.63) is 11.4 Å². The number of aromatic nitrogens is 2. The van der Waals surface area contributed by atoms with Crippen molar-refractivity contribution < 1.29 is 8.42 Å². The van der Waals surface area contributed by atoms with Gasteiger partial charge in [0.15, 0.2) is 0 Å². The zero-order valence-electron chi connectivity index (χ0n) is 11.1. The first-order valence-corrected chi connectivity index (χ1v) is 8.40. The first kappa shape index (κ1) is 15.5. The van der Waals surface area contributed by atoms with E-state index in [1.165, 1.54) is 4.31 Å². The zero-order valence-corrected chi connectivity index (χ0v) is 12.7. The van der Waals surface area contributed by atoms with Crippen molar-refractivity contribution in [2.45, 2.75) is 31.3 Å². The summed E-state index contributed by atoms with van der Waals surface area (Å²) in [6.07, 6.45) is 1.95. The fourth-order valence-electron chi connectivity index (χ4n) is 1.68. The molecule has 0 aliphatic carbocycles. The van der Waals surface area contributed by atoms with Crippen LogP contribution >= 0.6 is 11.8 Å². The summed E-state index contributed by atoms with van der Waals surface area (Å²) in [5, 5.41) is 6.61. The van der Waals surface area contributed by atoms with Gasteiger partial charge in [-0.2, -0.15) is 21.2 Å². The molecule has 1 heterocycles. The SMILES string of the molecule is CSCC(C)N(C)S(=O)(=O)c1c(CN)n[nH]c1C. The highest BCUT2D eigenvalue weighted by atomic mass is 32.2. The molecule has 0 saturated carbocycles. The largest absolute Gasteiger partial charge is 0.325 e. The zero-order chi connectivity index (χ0) is 13.9. The summed E-state index contributed by atoms with van der Waals surface area (Å²) in [6.45, 7) is 3.67. The molecule has 0 radical (unpaired) electrons. The van der Waals surface area contributed by atoms with E-state index in [4.69, 9.17) is 5.73 Å². The molecule has 18 heavy (non-hydrogen) atoms. The van der Waals surface area contributed by atoms with Gasteiger partial charge in [0.2, 0.25) is 10.0 Å². The van der Waals surface area contributed by atoms with Crippen molar-refractivity contribution in [1.29, 1.82) is 0 Å². The van der Waals surface area contributed by atoms with E-state index in [1.54, 1.807) is 25.7 Å². The second-order valence-electron chi connectivity index (χ2n) is 4.15. The van der Waals surface area contributed by atoms with Crippen molar-refractivity contribution >= 4 is 21.8 Å². The third-order valence-electron chi connectivity index (χ3n) is 2.82. The average molecular weight is 292 g/mol.